The van der Waals surface area contributed by atoms with Crippen LogP contribution in [0.5, 0.6) is 0 Å². The Balaban J connectivity index is 0.000000144. The van der Waals surface area contributed by atoms with E-state index in [1.165, 1.54) is 18.4 Å². The Morgan fingerprint density at radius 2 is 1.20 bits per heavy atom. The predicted molar refractivity (Wildman–Crippen MR) is 199 cm³/mol. The molecule has 0 amide bonds. The van der Waals surface area contributed by atoms with E-state index < -0.39 is 14.2 Å². The zero-order chi connectivity index (χ0) is 34.4. The molecule has 2 unspecified atom stereocenters. The van der Waals surface area contributed by atoms with Crippen LogP contribution in [-0.2, 0) is 22.2 Å². The minimum atomic E-state index is -0.912. The standard InChI is InChI=1S/2C19H18BN3O2/c21-17-10-22-23-18-8-13(5-6-15(17)18)12-3-4-14-9-19(11-1-2-11)25-20(24)16(14)7-12;1-2-3-15-8-14-5-4-12(9-17(14)20(24)25-15)13-6-7-16-18(21)11-22-23-19(16)10-13/h3-8,10-11,19,24H,1-2,9H2,(H2,21,23);2,4-7,9-11,15,24H,1,3,8H2,(H2,21,23). The lowest BCUT2D eigenvalue weighted by molar-refractivity contribution is 0.145. The molecule has 50 heavy (non-hydrogen) atoms. The van der Waals surface area contributed by atoms with Gasteiger partial charge < -0.3 is 30.8 Å². The molecule has 1 aliphatic carbocycles. The fourth-order valence-electron chi connectivity index (χ4n) is 7.03. The van der Waals surface area contributed by atoms with Crippen molar-refractivity contribution >= 4 is 58.3 Å². The number of aromatic nitrogens is 4. The van der Waals surface area contributed by atoms with Crippen LogP contribution in [0, 0.1) is 5.92 Å². The van der Waals surface area contributed by atoms with Gasteiger partial charge in [-0.25, -0.2) is 0 Å². The van der Waals surface area contributed by atoms with E-state index in [2.05, 4.69) is 51.2 Å². The van der Waals surface area contributed by atoms with Crippen LogP contribution >= 0.6 is 0 Å². The minimum absolute atomic E-state index is 0.0234. The molecule has 6 N–H and O–H groups in total. The second-order valence-electron chi connectivity index (χ2n) is 13.3. The average molecular weight is 662 g/mol. The number of nitrogens with zero attached hydrogens (tertiary/aromatic N) is 4. The molecule has 0 saturated heterocycles. The molecule has 12 heteroatoms. The monoisotopic (exact) mass is 662 g/mol. The number of benzene rings is 4. The van der Waals surface area contributed by atoms with Gasteiger partial charge in [0.1, 0.15) is 0 Å². The first kappa shape index (κ1) is 32.1. The molecule has 4 aromatic carbocycles. The molecule has 2 aliphatic heterocycles. The van der Waals surface area contributed by atoms with Gasteiger partial charge in [-0.1, -0.05) is 54.6 Å². The van der Waals surface area contributed by atoms with Crippen molar-refractivity contribution in [2.24, 2.45) is 5.92 Å². The molecule has 1 fully saturated rings. The summed E-state index contributed by atoms with van der Waals surface area (Å²) in [7, 11) is -1.75. The Labute approximate surface area is 290 Å². The van der Waals surface area contributed by atoms with Gasteiger partial charge in [-0.2, -0.15) is 20.4 Å². The van der Waals surface area contributed by atoms with Crippen LogP contribution in [0.25, 0.3) is 44.1 Å². The Morgan fingerprint density at radius 1 is 0.700 bits per heavy atom. The van der Waals surface area contributed by atoms with Gasteiger partial charge >= 0.3 is 14.2 Å². The summed E-state index contributed by atoms with van der Waals surface area (Å²) in [5.41, 5.74) is 22.6. The average Bonchev–Trinajstić information content (AvgIpc) is 3.98. The molecule has 2 aromatic heterocycles. The second-order valence-corrected chi connectivity index (χ2v) is 13.3. The molecule has 3 aliphatic rings. The molecule has 0 spiro atoms. The van der Waals surface area contributed by atoms with E-state index in [9.17, 15) is 10.0 Å². The zero-order valence-corrected chi connectivity index (χ0v) is 27.4. The summed E-state index contributed by atoms with van der Waals surface area (Å²) in [5, 5.41) is 38.7. The quantitative estimate of drug-likeness (QED) is 0.157. The van der Waals surface area contributed by atoms with Crippen molar-refractivity contribution in [3.05, 3.63) is 109 Å². The third-order valence-corrected chi connectivity index (χ3v) is 9.90. The van der Waals surface area contributed by atoms with E-state index in [1.54, 1.807) is 12.4 Å². The van der Waals surface area contributed by atoms with Crippen LogP contribution in [0.1, 0.15) is 30.4 Å². The van der Waals surface area contributed by atoms with Crippen molar-refractivity contribution < 1.29 is 19.4 Å². The third kappa shape index (κ3) is 6.34. The molecule has 2 atom stereocenters. The van der Waals surface area contributed by atoms with Gasteiger partial charge in [0.15, 0.2) is 0 Å². The van der Waals surface area contributed by atoms with Gasteiger partial charge in [-0.3, -0.25) is 0 Å². The smallest absolute Gasteiger partial charge is 0.423 e. The van der Waals surface area contributed by atoms with Crippen molar-refractivity contribution in [2.75, 3.05) is 11.5 Å². The predicted octanol–water partition coefficient (Wildman–Crippen LogP) is 4.00. The fraction of sp³-hybridized carbons (Fsp3) is 0.211. The first-order valence-corrected chi connectivity index (χ1v) is 16.9. The lowest BCUT2D eigenvalue weighted by atomic mass is 9.71. The van der Waals surface area contributed by atoms with Crippen LogP contribution < -0.4 is 22.4 Å². The minimum Gasteiger partial charge on any atom is -0.423 e. The highest BCUT2D eigenvalue weighted by Crippen LogP contribution is 2.37. The number of anilines is 2. The van der Waals surface area contributed by atoms with Gasteiger partial charge in [-0.05, 0) is 107 Å². The number of nitrogens with two attached hydrogens (primary N) is 2. The molecule has 10 nitrogen and oxygen atoms in total. The largest absolute Gasteiger partial charge is 0.491 e. The number of hydrogen-bond acceptors (Lipinski definition) is 10. The van der Waals surface area contributed by atoms with E-state index in [1.807, 2.05) is 54.6 Å². The number of nitrogen functional groups attached to an aromatic ring is 2. The van der Waals surface area contributed by atoms with Crippen molar-refractivity contribution in [1.82, 2.24) is 20.4 Å². The zero-order valence-electron chi connectivity index (χ0n) is 27.4. The van der Waals surface area contributed by atoms with Gasteiger partial charge in [0.25, 0.3) is 0 Å². The van der Waals surface area contributed by atoms with E-state index in [0.29, 0.717) is 17.3 Å². The van der Waals surface area contributed by atoms with Gasteiger partial charge in [0.2, 0.25) is 0 Å². The molecule has 9 rings (SSSR count). The van der Waals surface area contributed by atoms with E-state index in [0.717, 1.165) is 79.8 Å². The Morgan fingerprint density at radius 3 is 1.74 bits per heavy atom. The van der Waals surface area contributed by atoms with Crippen molar-refractivity contribution in [3.8, 4) is 22.3 Å². The molecular weight excluding hydrogens is 626 g/mol. The maximum absolute atomic E-state index is 10.4. The molecule has 0 bridgehead atoms. The molecular formula is C38H36B2N6O4. The maximum atomic E-state index is 10.4. The van der Waals surface area contributed by atoms with E-state index in [-0.39, 0.29) is 12.2 Å². The lowest BCUT2D eigenvalue weighted by Gasteiger charge is -2.28. The van der Waals surface area contributed by atoms with E-state index in [4.69, 9.17) is 20.8 Å². The Hall–Kier alpha value is -5.13. The van der Waals surface area contributed by atoms with Crippen LogP contribution in [0.3, 0.4) is 0 Å². The summed E-state index contributed by atoms with van der Waals surface area (Å²) in [4.78, 5) is 0. The van der Waals surface area contributed by atoms with Crippen LogP contribution in [-0.4, -0.2) is 56.9 Å². The first-order chi connectivity index (χ1) is 24.3. The summed E-state index contributed by atoms with van der Waals surface area (Å²) >= 11 is 0. The summed E-state index contributed by atoms with van der Waals surface area (Å²) in [6, 6.07) is 24.2. The Bertz CT molecular complexity index is 2250. The van der Waals surface area contributed by atoms with Crippen molar-refractivity contribution in [2.45, 2.75) is 44.3 Å². The SMILES string of the molecule is C=CCC1Cc2ccc(-c3ccc4c(N)cnnc4c3)cc2B(O)O1.Nc1cnnc2cc(-c3ccc4c(c3)B(O)OC(C3CC3)C4)ccc12. The lowest BCUT2D eigenvalue weighted by Crippen LogP contribution is -2.46. The van der Waals surface area contributed by atoms with Crippen LogP contribution in [0.2, 0.25) is 0 Å². The van der Waals surface area contributed by atoms with Crippen LogP contribution in [0.4, 0.5) is 11.4 Å². The molecule has 0 radical (unpaired) electrons. The van der Waals surface area contributed by atoms with E-state index >= 15 is 0 Å². The summed E-state index contributed by atoms with van der Waals surface area (Å²) in [5.74, 6) is 0.618. The highest BCUT2D eigenvalue weighted by Gasteiger charge is 2.39. The maximum Gasteiger partial charge on any atom is 0.491 e. The molecule has 1 saturated carbocycles. The third-order valence-electron chi connectivity index (χ3n) is 9.90. The highest BCUT2D eigenvalue weighted by molar-refractivity contribution is 6.61. The highest BCUT2D eigenvalue weighted by atomic mass is 16.5. The van der Waals surface area contributed by atoms with Crippen LogP contribution in [0.15, 0.2) is 97.8 Å². The molecule has 248 valence electrons. The van der Waals surface area contributed by atoms with Gasteiger partial charge in [-0.15, -0.1) is 6.58 Å². The summed E-state index contributed by atoms with van der Waals surface area (Å²) < 4.78 is 11.5. The summed E-state index contributed by atoms with van der Waals surface area (Å²) in [6.07, 6.45) is 9.88. The Kier molecular flexibility index (Phi) is 8.54. The topological polar surface area (TPSA) is 163 Å². The molecule has 4 heterocycles. The normalized spacial score (nSPS) is 18.3. The first-order valence-electron chi connectivity index (χ1n) is 16.9. The van der Waals surface area contributed by atoms with Crippen molar-refractivity contribution in [1.29, 1.82) is 0 Å². The molecule has 6 aromatic rings. The van der Waals surface area contributed by atoms with Gasteiger partial charge in [0.05, 0.1) is 40.9 Å². The fourth-order valence-corrected chi connectivity index (χ4v) is 7.03. The number of fused-ring (bicyclic) bond motifs is 4. The number of hydrogen-bond donors (Lipinski definition) is 4. The van der Waals surface area contributed by atoms with Crippen molar-refractivity contribution in [3.63, 3.8) is 0 Å². The summed E-state index contributed by atoms with van der Waals surface area (Å²) in [6.45, 7) is 3.74. The van der Waals surface area contributed by atoms with Gasteiger partial charge in [0, 0.05) is 16.9 Å². The number of rotatable bonds is 5. The second kappa shape index (κ2) is 13.3.